The minimum Gasteiger partial charge on any atom is -0.494 e. The van der Waals surface area contributed by atoms with E-state index in [0.29, 0.717) is 59.8 Å². The lowest BCUT2D eigenvalue weighted by Crippen LogP contribution is -2.12. The maximum Gasteiger partial charge on any atom is 0.343 e. The summed E-state index contributed by atoms with van der Waals surface area (Å²) in [6, 6.07) is 18.8. The Hall–Kier alpha value is -5.18. The van der Waals surface area contributed by atoms with Crippen LogP contribution in [0, 0.1) is 0 Å². The topological polar surface area (TPSA) is 117 Å². The van der Waals surface area contributed by atoms with E-state index >= 15 is 0 Å². The summed E-state index contributed by atoms with van der Waals surface area (Å²) in [5, 5.41) is 2.66. The molecule has 0 saturated carbocycles. The normalized spacial score (nSPS) is 10.2. The first kappa shape index (κ1) is 30.4. The van der Waals surface area contributed by atoms with E-state index in [2.05, 4.69) is 18.5 Å². The predicted molar refractivity (Wildman–Crippen MR) is 153 cm³/mol. The van der Waals surface area contributed by atoms with Gasteiger partial charge in [0.05, 0.1) is 24.3 Å². The molecular weight excluding hydrogens is 526 g/mol. The van der Waals surface area contributed by atoms with E-state index in [1.165, 1.54) is 36.4 Å². The standard InChI is InChI=1S/C32H31NO8/c1-21(2)29(34)33-25-11-7-23(8-12-25)31(36)40-27-15-17-28(18-16-27)41-32(37)24-9-13-26(14-10-24)38-19-5-6-20-39-30(35)22(3)4/h7-18H,1,3,5-6,19-20H2,2,4H3,(H,33,34). The van der Waals surface area contributed by atoms with Gasteiger partial charge in [-0.3, -0.25) is 4.79 Å². The lowest BCUT2D eigenvalue weighted by molar-refractivity contribution is -0.139. The Balaban J connectivity index is 1.43. The van der Waals surface area contributed by atoms with E-state index < -0.39 is 17.9 Å². The van der Waals surface area contributed by atoms with Gasteiger partial charge in [-0.25, -0.2) is 14.4 Å². The summed E-state index contributed by atoms with van der Waals surface area (Å²) in [4.78, 5) is 48.0. The van der Waals surface area contributed by atoms with Crippen LogP contribution in [0.15, 0.2) is 97.1 Å². The largest absolute Gasteiger partial charge is 0.494 e. The Morgan fingerprint density at radius 3 is 1.59 bits per heavy atom. The van der Waals surface area contributed by atoms with Crippen LogP contribution < -0.4 is 19.5 Å². The Bertz CT molecular complexity index is 1410. The molecule has 0 bridgehead atoms. The maximum absolute atomic E-state index is 12.5. The summed E-state index contributed by atoms with van der Waals surface area (Å²) in [7, 11) is 0. The van der Waals surface area contributed by atoms with Crippen molar-refractivity contribution in [2.45, 2.75) is 26.7 Å². The Kier molecular flexibility index (Phi) is 11.0. The van der Waals surface area contributed by atoms with Gasteiger partial charge in [-0.2, -0.15) is 0 Å². The van der Waals surface area contributed by atoms with Crippen LogP contribution in [0.4, 0.5) is 5.69 Å². The number of nitrogens with one attached hydrogen (secondary N) is 1. The van der Waals surface area contributed by atoms with Crippen molar-refractivity contribution in [1.29, 1.82) is 0 Å². The van der Waals surface area contributed by atoms with Crippen molar-refractivity contribution in [3.05, 3.63) is 108 Å². The number of carbonyl (C=O) groups is 4. The second kappa shape index (κ2) is 14.8. The van der Waals surface area contributed by atoms with Gasteiger partial charge >= 0.3 is 17.9 Å². The lowest BCUT2D eigenvalue weighted by atomic mass is 10.2. The molecule has 0 heterocycles. The lowest BCUT2D eigenvalue weighted by Gasteiger charge is -2.09. The number of hydrogen-bond acceptors (Lipinski definition) is 8. The molecule has 3 rings (SSSR count). The number of ether oxygens (including phenoxy) is 4. The van der Waals surface area contributed by atoms with E-state index in [1.54, 1.807) is 50.2 Å². The van der Waals surface area contributed by atoms with E-state index in [-0.39, 0.29) is 17.4 Å². The van der Waals surface area contributed by atoms with Crippen LogP contribution in [0.25, 0.3) is 0 Å². The predicted octanol–water partition coefficient (Wildman–Crippen LogP) is 5.92. The van der Waals surface area contributed by atoms with Gasteiger partial charge in [0.15, 0.2) is 0 Å². The van der Waals surface area contributed by atoms with Gasteiger partial charge in [-0.15, -0.1) is 0 Å². The molecule has 0 aromatic heterocycles. The number of hydrogen-bond donors (Lipinski definition) is 1. The van der Waals surface area contributed by atoms with Gasteiger partial charge in [0.1, 0.15) is 17.2 Å². The second-order valence-electron chi connectivity index (χ2n) is 9.06. The zero-order valence-corrected chi connectivity index (χ0v) is 22.9. The summed E-state index contributed by atoms with van der Waals surface area (Å²) in [6.07, 6.45) is 1.35. The molecule has 0 aliphatic heterocycles. The van der Waals surface area contributed by atoms with Gasteiger partial charge in [0, 0.05) is 16.8 Å². The number of rotatable bonds is 13. The van der Waals surface area contributed by atoms with Crippen molar-refractivity contribution < 1.29 is 38.1 Å². The smallest absolute Gasteiger partial charge is 0.343 e. The monoisotopic (exact) mass is 557 g/mol. The van der Waals surface area contributed by atoms with Crippen LogP contribution >= 0.6 is 0 Å². The average Bonchev–Trinajstić information content (AvgIpc) is 2.96. The first-order chi connectivity index (χ1) is 19.6. The minimum atomic E-state index is -0.582. The van der Waals surface area contributed by atoms with Crippen molar-refractivity contribution in [3.8, 4) is 17.2 Å². The number of amides is 1. The van der Waals surface area contributed by atoms with Crippen LogP contribution in [0.2, 0.25) is 0 Å². The number of carbonyl (C=O) groups excluding carboxylic acids is 4. The van der Waals surface area contributed by atoms with E-state index in [0.717, 1.165) is 0 Å². The summed E-state index contributed by atoms with van der Waals surface area (Å²) < 4.78 is 21.4. The molecule has 9 heteroatoms. The van der Waals surface area contributed by atoms with E-state index in [4.69, 9.17) is 18.9 Å². The molecular formula is C32H31NO8. The summed E-state index contributed by atoms with van der Waals surface area (Å²) in [5.74, 6) is -0.710. The first-order valence-electron chi connectivity index (χ1n) is 12.8. The molecule has 212 valence electrons. The van der Waals surface area contributed by atoms with Crippen LogP contribution in [-0.4, -0.2) is 37.0 Å². The highest BCUT2D eigenvalue weighted by atomic mass is 16.5. The quantitative estimate of drug-likeness (QED) is 0.119. The highest BCUT2D eigenvalue weighted by Crippen LogP contribution is 2.21. The molecule has 3 aromatic carbocycles. The third-order valence-electron chi connectivity index (χ3n) is 5.49. The summed E-state index contributed by atoms with van der Waals surface area (Å²) in [6.45, 7) is 11.0. The number of benzene rings is 3. The molecule has 0 aliphatic rings. The molecule has 0 atom stereocenters. The number of esters is 3. The SMILES string of the molecule is C=C(C)C(=O)Nc1ccc(C(=O)Oc2ccc(OC(=O)c3ccc(OCCCCOC(=O)C(=C)C)cc3)cc2)cc1. The van der Waals surface area contributed by atoms with Crippen molar-refractivity contribution in [2.24, 2.45) is 0 Å². The van der Waals surface area contributed by atoms with E-state index in [1.807, 2.05) is 0 Å². The molecule has 1 N–H and O–H groups in total. The highest BCUT2D eigenvalue weighted by Gasteiger charge is 2.12. The van der Waals surface area contributed by atoms with Gasteiger partial charge in [0.25, 0.3) is 5.91 Å². The summed E-state index contributed by atoms with van der Waals surface area (Å²) in [5.41, 5.74) is 1.90. The molecule has 9 nitrogen and oxygen atoms in total. The highest BCUT2D eigenvalue weighted by molar-refractivity contribution is 6.03. The summed E-state index contributed by atoms with van der Waals surface area (Å²) >= 11 is 0. The van der Waals surface area contributed by atoms with Gasteiger partial charge in [-0.05, 0) is 99.5 Å². The number of anilines is 1. The molecule has 0 aliphatic carbocycles. The van der Waals surface area contributed by atoms with Crippen LogP contribution in [0.1, 0.15) is 47.4 Å². The fourth-order valence-electron chi connectivity index (χ4n) is 3.20. The Labute approximate surface area is 238 Å². The molecule has 0 unspecified atom stereocenters. The molecule has 3 aromatic rings. The molecule has 1 amide bonds. The molecule has 41 heavy (non-hydrogen) atoms. The van der Waals surface area contributed by atoms with Gasteiger partial charge in [0.2, 0.25) is 0 Å². The van der Waals surface area contributed by atoms with E-state index in [9.17, 15) is 19.2 Å². The maximum atomic E-state index is 12.5. The molecule has 0 radical (unpaired) electrons. The molecule has 0 saturated heterocycles. The third-order valence-corrected chi connectivity index (χ3v) is 5.49. The van der Waals surface area contributed by atoms with Crippen LogP contribution in [0.3, 0.4) is 0 Å². The fourth-order valence-corrected chi connectivity index (χ4v) is 3.20. The fraction of sp³-hybridized carbons (Fsp3) is 0.188. The first-order valence-corrected chi connectivity index (χ1v) is 12.8. The van der Waals surface area contributed by atoms with Crippen molar-refractivity contribution in [1.82, 2.24) is 0 Å². The Morgan fingerprint density at radius 1 is 0.634 bits per heavy atom. The zero-order valence-electron chi connectivity index (χ0n) is 22.9. The van der Waals surface area contributed by atoms with Crippen molar-refractivity contribution >= 4 is 29.5 Å². The van der Waals surface area contributed by atoms with Crippen LogP contribution in [-0.2, 0) is 14.3 Å². The van der Waals surface area contributed by atoms with Crippen molar-refractivity contribution in [3.63, 3.8) is 0 Å². The Morgan fingerprint density at radius 2 is 1.10 bits per heavy atom. The van der Waals surface area contributed by atoms with Crippen LogP contribution in [0.5, 0.6) is 17.2 Å². The average molecular weight is 558 g/mol. The van der Waals surface area contributed by atoms with Crippen molar-refractivity contribution in [2.75, 3.05) is 18.5 Å². The zero-order chi connectivity index (χ0) is 29.8. The third kappa shape index (κ3) is 9.81. The van der Waals surface area contributed by atoms with Gasteiger partial charge < -0.3 is 24.3 Å². The number of unbranched alkanes of at least 4 members (excludes halogenated alkanes) is 1. The van der Waals surface area contributed by atoms with Gasteiger partial charge in [-0.1, -0.05) is 13.2 Å². The molecule has 0 fully saturated rings. The molecule has 0 spiro atoms. The second-order valence-corrected chi connectivity index (χ2v) is 9.06. The minimum absolute atomic E-state index is 0.268.